The summed E-state index contributed by atoms with van der Waals surface area (Å²) >= 11 is 0. The Balaban J connectivity index is 1.93. The lowest BCUT2D eigenvalue weighted by atomic mass is 10.2. The minimum Gasteiger partial charge on any atom is -0.490 e. The van der Waals surface area contributed by atoms with E-state index in [0.717, 1.165) is 30.5 Å². The van der Waals surface area contributed by atoms with Crippen molar-refractivity contribution in [2.75, 3.05) is 12.0 Å². The van der Waals surface area contributed by atoms with E-state index in [2.05, 4.69) is 17.5 Å². The Morgan fingerprint density at radius 2 is 1.95 bits per heavy atom. The van der Waals surface area contributed by atoms with Gasteiger partial charge in [-0.1, -0.05) is 44.0 Å². The van der Waals surface area contributed by atoms with Gasteiger partial charge in [-0.05, 0) is 36.2 Å². The molecule has 0 unspecified atom stereocenters. The molecule has 2 aromatic carbocycles. The van der Waals surface area contributed by atoms with E-state index in [9.17, 15) is 4.39 Å². The SMILES string of the molecule is CCCCCOc1cc(C=NNc2ccccc2)ccc1F. The minimum atomic E-state index is -0.343. The molecule has 3 nitrogen and oxygen atoms in total. The summed E-state index contributed by atoms with van der Waals surface area (Å²) in [5.74, 6) is -0.0653. The maximum atomic E-state index is 13.7. The molecule has 0 aromatic heterocycles. The zero-order chi connectivity index (χ0) is 15.6. The van der Waals surface area contributed by atoms with Crippen LogP contribution < -0.4 is 10.2 Å². The molecular formula is C18H21FN2O. The smallest absolute Gasteiger partial charge is 0.165 e. The number of benzene rings is 2. The molecule has 0 heterocycles. The molecule has 0 bridgehead atoms. The van der Waals surface area contributed by atoms with Crippen LogP contribution in [0.5, 0.6) is 5.75 Å². The van der Waals surface area contributed by atoms with Gasteiger partial charge in [-0.25, -0.2) is 4.39 Å². The van der Waals surface area contributed by atoms with Gasteiger partial charge in [0.2, 0.25) is 0 Å². The molecule has 2 aromatic rings. The lowest BCUT2D eigenvalue weighted by molar-refractivity contribution is 0.291. The van der Waals surface area contributed by atoms with Crippen LogP contribution in [0.25, 0.3) is 0 Å². The van der Waals surface area contributed by atoms with Crippen LogP contribution in [0.2, 0.25) is 0 Å². The van der Waals surface area contributed by atoms with E-state index in [1.807, 2.05) is 30.3 Å². The number of rotatable bonds is 8. The Morgan fingerprint density at radius 3 is 2.73 bits per heavy atom. The van der Waals surface area contributed by atoms with Gasteiger partial charge in [0.05, 0.1) is 18.5 Å². The van der Waals surface area contributed by atoms with E-state index >= 15 is 0 Å². The van der Waals surface area contributed by atoms with Gasteiger partial charge >= 0.3 is 0 Å². The maximum Gasteiger partial charge on any atom is 0.165 e. The second-order valence-electron chi connectivity index (χ2n) is 4.98. The topological polar surface area (TPSA) is 33.6 Å². The van der Waals surface area contributed by atoms with Crippen LogP contribution in [-0.2, 0) is 0 Å². The summed E-state index contributed by atoms with van der Waals surface area (Å²) in [6.07, 6.45) is 4.78. The van der Waals surface area contributed by atoms with E-state index in [1.54, 1.807) is 18.3 Å². The van der Waals surface area contributed by atoms with Crippen molar-refractivity contribution in [3.63, 3.8) is 0 Å². The fourth-order valence-electron chi connectivity index (χ4n) is 1.94. The van der Waals surface area contributed by atoms with Crippen molar-refractivity contribution in [2.24, 2.45) is 5.10 Å². The van der Waals surface area contributed by atoms with Crippen LogP contribution in [0.3, 0.4) is 0 Å². The van der Waals surface area contributed by atoms with Crippen molar-refractivity contribution in [3.05, 3.63) is 59.9 Å². The molecule has 0 atom stereocenters. The Bertz CT molecular complexity index is 599. The first-order chi connectivity index (χ1) is 10.8. The first kappa shape index (κ1) is 16.0. The average Bonchev–Trinajstić information content (AvgIpc) is 2.55. The van der Waals surface area contributed by atoms with Crippen LogP contribution >= 0.6 is 0 Å². The van der Waals surface area contributed by atoms with E-state index in [0.29, 0.717) is 6.61 Å². The third-order valence-electron chi connectivity index (χ3n) is 3.14. The predicted octanol–water partition coefficient (Wildman–Crippen LogP) is 4.84. The van der Waals surface area contributed by atoms with Gasteiger partial charge in [-0.15, -0.1) is 0 Å². The number of hydrogen-bond acceptors (Lipinski definition) is 3. The largest absolute Gasteiger partial charge is 0.490 e. The van der Waals surface area contributed by atoms with Crippen molar-refractivity contribution in [2.45, 2.75) is 26.2 Å². The fraction of sp³-hybridized carbons (Fsp3) is 0.278. The monoisotopic (exact) mass is 300 g/mol. The van der Waals surface area contributed by atoms with Crippen LogP contribution in [0.4, 0.5) is 10.1 Å². The van der Waals surface area contributed by atoms with Crippen molar-refractivity contribution in [1.82, 2.24) is 0 Å². The normalized spacial score (nSPS) is 10.8. The Hall–Kier alpha value is -2.36. The number of nitrogens with one attached hydrogen (secondary N) is 1. The highest BCUT2D eigenvalue weighted by Crippen LogP contribution is 2.18. The quantitative estimate of drug-likeness (QED) is 0.430. The Kier molecular flexibility index (Phi) is 6.42. The van der Waals surface area contributed by atoms with E-state index in [4.69, 9.17) is 4.74 Å². The molecule has 0 spiro atoms. The summed E-state index contributed by atoms with van der Waals surface area (Å²) in [6, 6.07) is 14.4. The van der Waals surface area contributed by atoms with Crippen LogP contribution in [0, 0.1) is 5.82 Å². The van der Waals surface area contributed by atoms with Crippen LogP contribution in [-0.4, -0.2) is 12.8 Å². The lowest BCUT2D eigenvalue weighted by Gasteiger charge is -2.07. The minimum absolute atomic E-state index is 0.278. The second kappa shape index (κ2) is 8.82. The van der Waals surface area contributed by atoms with Crippen molar-refractivity contribution in [1.29, 1.82) is 0 Å². The number of para-hydroxylation sites is 1. The maximum absolute atomic E-state index is 13.7. The standard InChI is InChI=1S/C18H21FN2O/c1-2-3-7-12-22-18-13-15(10-11-17(18)19)14-20-21-16-8-5-4-6-9-16/h4-6,8-11,13-14,21H,2-3,7,12H2,1H3. The summed E-state index contributed by atoms with van der Waals surface area (Å²) in [7, 11) is 0. The molecule has 4 heteroatoms. The van der Waals surface area contributed by atoms with E-state index < -0.39 is 0 Å². The molecule has 1 N–H and O–H groups in total. The average molecular weight is 300 g/mol. The molecule has 0 amide bonds. The highest BCUT2D eigenvalue weighted by molar-refractivity contribution is 5.80. The van der Waals surface area contributed by atoms with Crippen molar-refractivity contribution < 1.29 is 9.13 Å². The fourth-order valence-corrected chi connectivity index (χ4v) is 1.94. The van der Waals surface area contributed by atoms with Gasteiger partial charge < -0.3 is 4.74 Å². The van der Waals surface area contributed by atoms with Gasteiger partial charge in [-0.2, -0.15) is 5.10 Å². The Morgan fingerprint density at radius 1 is 1.14 bits per heavy atom. The summed E-state index contributed by atoms with van der Waals surface area (Å²) in [4.78, 5) is 0. The highest BCUT2D eigenvalue weighted by atomic mass is 19.1. The first-order valence-corrected chi connectivity index (χ1v) is 7.56. The van der Waals surface area contributed by atoms with Crippen molar-refractivity contribution >= 4 is 11.9 Å². The van der Waals surface area contributed by atoms with E-state index in [-0.39, 0.29) is 11.6 Å². The molecule has 0 saturated heterocycles. The van der Waals surface area contributed by atoms with Gasteiger partial charge in [0.15, 0.2) is 11.6 Å². The molecule has 116 valence electrons. The molecule has 0 aliphatic rings. The number of unbranched alkanes of at least 4 members (excludes halogenated alkanes) is 2. The molecular weight excluding hydrogens is 279 g/mol. The second-order valence-corrected chi connectivity index (χ2v) is 4.98. The number of anilines is 1. The number of halogens is 1. The zero-order valence-corrected chi connectivity index (χ0v) is 12.8. The summed E-state index contributed by atoms with van der Waals surface area (Å²) in [5.41, 5.74) is 4.61. The van der Waals surface area contributed by atoms with Crippen molar-refractivity contribution in [3.8, 4) is 5.75 Å². The molecule has 0 radical (unpaired) electrons. The molecule has 0 fully saturated rings. The zero-order valence-electron chi connectivity index (χ0n) is 12.8. The van der Waals surface area contributed by atoms with E-state index in [1.165, 1.54) is 6.07 Å². The molecule has 0 saturated carbocycles. The highest BCUT2D eigenvalue weighted by Gasteiger charge is 2.03. The third kappa shape index (κ3) is 5.20. The van der Waals surface area contributed by atoms with Gasteiger partial charge in [0, 0.05) is 0 Å². The lowest BCUT2D eigenvalue weighted by Crippen LogP contribution is -2.00. The number of ether oxygens (including phenoxy) is 1. The van der Waals surface area contributed by atoms with Crippen LogP contribution in [0.1, 0.15) is 31.7 Å². The summed E-state index contributed by atoms with van der Waals surface area (Å²) in [6.45, 7) is 2.66. The molecule has 2 rings (SSSR count). The van der Waals surface area contributed by atoms with Gasteiger partial charge in [-0.3, -0.25) is 5.43 Å². The Labute approximate surface area is 130 Å². The summed E-state index contributed by atoms with van der Waals surface area (Å²) < 4.78 is 19.2. The molecule has 0 aliphatic carbocycles. The summed E-state index contributed by atoms with van der Waals surface area (Å²) in [5, 5.41) is 4.14. The number of hydrazone groups is 1. The molecule has 22 heavy (non-hydrogen) atoms. The van der Waals surface area contributed by atoms with Gasteiger partial charge in [0.25, 0.3) is 0 Å². The third-order valence-corrected chi connectivity index (χ3v) is 3.14. The number of hydrogen-bond donors (Lipinski definition) is 1. The van der Waals surface area contributed by atoms with Gasteiger partial charge in [0.1, 0.15) is 0 Å². The number of nitrogens with zero attached hydrogens (tertiary/aromatic N) is 1. The first-order valence-electron chi connectivity index (χ1n) is 7.56. The van der Waals surface area contributed by atoms with Crippen LogP contribution in [0.15, 0.2) is 53.6 Å². The predicted molar refractivity (Wildman–Crippen MR) is 89.1 cm³/mol. The molecule has 0 aliphatic heterocycles.